The molecule has 0 spiro atoms. The molecule has 0 bridgehead atoms. The largest absolute Gasteiger partial charge is 0.315 e. The average Bonchev–Trinajstić information content (AvgIpc) is 3.19. The Morgan fingerprint density at radius 1 is 1.29 bits per heavy atom. The van der Waals surface area contributed by atoms with E-state index in [1.54, 1.807) is 0 Å². The summed E-state index contributed by atoms with van der Waals surface area (Å²) in [6.45, 7) is 1.81. The number of rotatable bonds is 7. The SMILES string of the molecule is N#CC(CNCCCC1CC1)c1ccccc1. The number of nitrogens with one attached hydrogen (secondary N) is 1. The van der Waals surface area contributed by atoms with Gasteiger partial charge in [-0.2, -0.15) is 5.26 Å². The molecule has 1 unspecified atom stereocenters. The van der Waals surface area contributed by atoms with Gasteiger partial charge in [-0.15, -0.1) is 0 Å². The summed E-state index contributed by atoms with van der Waals surface area (Å²) >= 11 is 0. The topological polar surface area (TPSA) is 35.8 Å². The molecule has 2 nitrogen and oxygen atoms in total. The van der Waals surface area contributed by atoms with Crippen molar-refractivity contribution in [3.05, 3.63) is 35.9 Å². The maximum atomic E-state index is 9.14. The molecule has 17 heavy (non-hydrogen) atoms. The van der Waals surface area contributed by atoms with Gasteiger partial charge in [0.25, 0.3) is 0 Å². The molecule has 1 aliphatic rings. The van der Waals surface area contributed by atoms with Crippen molar-refractivity contribution in [3.63, 3.8) is 0 Å². The van der Waals surface area contributed by atoms with Crippen LogP contribution in [0.1, 0.15) is 37.2 Å². The zero-order chi connectivity index (χ0) is 11.9. The van der Waals surface area contributed by atoms with Crippen LogP contribution in [0.2, 0.25) is 0 Å². The number of hydrogen-bond donors (Lipinski definition) is 1. The highest BCUT2D eigenvalue weighted by atomic mass is 14.9. The Bertz CT molecular complexity index is 362. The van der Waals surface area contributed by atoms with Gasteiger partial charge in [-0.05, 0) is 30.9 Å². The van der Waals surface area contributed by atoms with E-state index in [2.05, 4.69) is 11.4 Å². The van der Waals surface area contributed by atoms with Crippen molar-refractivity contribution in [2.75, 3.05) is 13.1 Å². The van der Waals surface area contributed by atoms with Gasteiger partial charge < -0.3 is 5.32 Å². The van der Waals surface area contributed by atoms with Crippen molar-refractivity contribution in [1.29, 1.82) is 5.26 Å². The van der Waals surface area contributed by atoms with E-state index in [1.807, 2.05) is 30.3 Å². The van der Waals surface area contributed by atoms with Crippen molar-refractivity contribution in [3.8, 4) is 6.07 Å². The lowest BCUT2D eigenvalue weighted by atomic mass is 10.0. The predicted octanol–water partition coefficient (Wildman–Crippen LogP) is 3.07. The van der Waals surface area contributed by atoms with Gasteiger partial charge in [-0.3, -0.25) is 0 Å². The molecule has 1 saturated carbocycles. The molecule has 0 amide bonds. The molecule has 0 aromatic heterocycles. The summed E-state index contributed by atoms with van der Waals surface area (Å²) in [5, 5.41) is 12.5. The molecule has 0 heterocycles. The summed E-state index contributed by atoms with van der Waals surface area (Å²) < 4.78 is 0. The number of hydrogen-bond acceptors (Lipinski definition) is 2. The molecule has 0 aliphatic heterocycles. The first-order valence-electron chi connectivity index (χ1n) is 6.55. The molecule has 1 aromatic carbocycles. The Hall–Kier alpha value is -1.33. The molecular formula is C15H20N2. The van der Waals surface area contributed by atoms with Crippen LogP contribution in [0.4, 0.5) is 0 Å². The number of nitrogens with zero attached hydrogens (tertiary/aromatic N) is 1. The minimum absolute atomic E-state index is 0.0166. The van der Waals surface area contributed by atoms with Crippen molar-refractivity contribution in [1.82, 2.24) is 5.32 Å². The monoisotopic (exact) mass is 228 g/mol. The summed E-state index contributed by atoms with van der Waals surface area (Å²) in [6.07, 6.45) is 5.48. The van der Waals surface area contributed by atoms with E-state index < -0.39 is 0 Å². The lowest BCUT2D eigenvalue weighted by Crippen LogP contribution is -2.22. The van der Waals surface area contributed by atoms with Gasteiger partial charge in [0.2, 0.25) is 0 Å². The first-order valence-corrected chi connectivity index (χ1v) is 6.55. The molecule has 0 saturated heterocycles. The summed E-state index contributed by atoms with van der Waals surface area (Å²) in [6, 6.07) is 12.4. The third kappa shape index (κ3) is 4.20. The summed E-state index contributed by atoms with van der Waals surface area (Å²) in [5.74, 6) is 0.995. The maximum absolute atomic E-state index is 9.14. The van der Waals surface area contributed by atoms with Crippen LogP contribution in [-0.4, -0.2) is 13.1 Å². The van der Waals surface area contributed by atoms with E-state index >= 15 is 0 Å². The lowest BCUT2D eigenvalue weighted by molar-refractivity contribution is 0.581. The molecule has 2 rings (SSSR count). The molecule has 0 radical (unpaired) electrons. The minimum Gasteiger partial charge on any atom is -0.315 e. The zero-order valence-corrected chi connectivity index (χ0v) is 10.2. The van der Waals surface area contributed by atoms with Crippen molar-refractivity contribution in [2.45, 2.75) is 31.6 Å². The van der Waals surface area contributed by atoms with E-state index in [9.17, 15) is 0 Å². The van der Waals surface area contributed by atoms with Gasteiger partial charge in [0.15, 0.2) is 0 Å². The van der Waals surface area contributed by atoms with Crippen LogP contribution in [0.3, 0.4) is 0 Å². The molecular weight excluding hydrogens is 208 g/mol. The fraction of sp³-hybridized carbons (Fsp3) is 0.533. The Morgan fingerprint density at radius 2 is 2.06 bits per heavy atom. The van der Waals surface area contributed by atoms with Crippen molar-refractivity contribution >= 4 is 0 Å². The van der Waals surface area contributed by atoms with Crippen molar-refractivity contribution in [2.24, 2.45) is 5.92 Å². The average molecular weight is 228 g/mol. The van der Waals surface area contributed by atoms with Gasteiger partial charge in [-0.1, -0.05) is 43.2 Å². The Labute approximate surface area is 104 Å². The highest BCUT2D eigenvalue weighted by Crippen LogP contribution is 2.33. The molecule has 1 fully saturated rings. The lowest BCUT2D eigenvalue weighted by Gasteiger charge is -2.10. The Balaban J connectivity index is 1.67. The maximum Gasteiger partial charge on any atom is 0.0837 e. The highest BCUT2D eigenvalue weighted by molar-refractivity contribution is 5.24. The first-order chi connectivity index (χ1) is 8.40. The standard InChI is InChI=1S/C15H20N2/c16-11-15(14-6-2-1-3-7-14)12-17-10-4-5-13-8-9-13/h1-3,6-7,13,15,17H,4-5,8-10,12H2. The van der Waals surface area contributed by atoms with E-state index in [0.717, 1.165) is 24.6 Å². The Morgan fingerprint density at radius 3 is 2.71 bits per heavy atom. The zero-order valence-electron chi connectivity index (χ0n) is 10.2. The fourth-order valence-electron chi connectivity index (χ4n) is 2.09. The quantitative estimate of drug-likeness (QED) is 0.728. The van der Waals surface area contributed by atoms with Crippen LogP contribution < -0.4 is 5.32 Å². The fourth-order valence-corrected chi connectivity index (χ4v) is 2.09. The minimum atomic E-state index is -0.0166. The molecule has 1 atom stereocenters. The first kappa shape index (κ1) is 12.1. The summed E-state index contributed by atoms with van der Waals surface area (Å²) in [5.41, 5.74) is 1.12. The van der Waals surface area contributed by atoms with E-state index in [-0.39, 0.29) is 5.92 Å². The molecule has 90 valence electrons. The Kier molecular flexibility index (Phi) is 4.58. The van der Waals surface area contributed by atoms with Gasteiger partial charge in [-0.25, -0.2) is 0 Å². The van der Waals surface area contributed by atoms with Gasteiger partial charge >= 0.3 is 0 Å². The number of benzene rings is 1. The van der Waals surface area contributed by atoms with Crippen LogP contribution in [0, 0.1) is 17.2 Å². The van der Waals surface area contributed by atoms with E-state index in [4.69, 9.17) is 5.26 Å². The summed E-state index contributed by atoms with van der Waals surface area (Å²) in [7, 11) is 0. The van der Waals surface area contributed by atoms with Crippen LogP contribution in [0.5, 0.6) is 0 Å². The van der Waals surface area contributed by atoms with Crippen LogP contribution in [0.15, 0.2) is 30.3 Å². The smallest absolute Gasteiger partial charge is 0.0837 e. The molecule has 1 N–H and O–H groups in total. The third-order valence-corrected chi connectivity index (χ3v) is 3.37. The van der Waals surface area contributed by atoms with Crippen LogP contribution >= 0.6 is 0 Å². The third-order valence-electron chi connectivity index (χ3n) is 3.37. The van der Waals surface area contributed by atoms with Gasteiger partial charge in [0, 0.05) is 6.54 Å². The predicted molar refractivity (Wildman–Crippen MR) is 69.6 cm³/mol. The molecule has 1 aromatic rings. The number of nitriles is 1. The van der Waals surface area contributed by atoms with Crippen LogP contribution in [-0.2, 0) is 0 Å². The summed E-state index contributed by atoms with van der Waals surface area (Å²) in [4.78, 5) is 0. The second-order valence-corrected chi connectivity index (χ2v) is 4.88. The molecule has 1 aliphatic carbocycles. The van der Waals surface area contributed by atoms with E-state index in [1.165, 1.54) is 25.7 Å². The second-order valence-electron chi connectivity index (χ2n) is 4.88. The van der Waals surface area contributed by atoms with Gasteiger partial charge in [0.05, 0.1) is 12.0 Å². The molecule has 2 heteroatoms. The normalized spacial score (nSPS) is 16.4. The van der Waals surface area contributed by atoms with Crippen molar-refractivity contribution < 1.29 is 0 Å². The highest BCUT2D eigenvalue weighted by Gasteiger charge is 2.20. The van der Waals surface area contributed by atoms with Gasteiger partial charge in [0.1, 0.15) is 0 Å². The second kappa shape index (κ2) is 6.42. The van der Waals surface area contributed by atoms with E-state index in [0.29, 0.717) is 0 Å². The van der Waals surface area contributed by atoms with Crippen LogP contribution in [0.25, 0.3) is 0 Å².